The van der Waals surface area contributed by atoms with E-state index in [2.05, 4.69) is 10.1 Å². The first-order chi connectivity index (χ1) is 12.8. The Labute approximate surface area is 150 Å². The molecule has 0 saturated carbocycles. The largest absolute Gasteiger partial charge is 0.355 e. The Kier molecular flexibility index (Phi) is 4.23. The van der Waals surface area contributed by atoms with Crippen LogP contribution < -0.4 is 0 Å². The van der Waals surface area contributed by atoms with E-state index in [1.165, 1.54) is 0 Å². The van der Waals surface area contributed by atoms with Gasteiger partial charge in [0.2, 0.25) is 0 Å². The van der Waals surface area contributed by atoms with Gasteiger partial charge in [-0.1, -0.05) is 41.6 Å². The Balaban J connectivity index is 1.57. The molecule has 3 aromatic heterocycles. The molecule has 0 N–H and O–H groups in total. The lowest BCUT2D eigenvalue weighted by Crippen LogP contribution is -2.31. The van der Waals surface area contributed by atoms with Crippen molar-refractivity contribution < 1.29 is 9.32 Å². The van der Waals surface area contributed by atoms with E-state index in [9.17, 15) is 4.79 Å². The average molecular weight is 346 g/mol. The summed E-state index contributed by atoms with van der Waals surface area (Å²) >= 11 is 0. The van der Waals surface area contributed by atoms with Gasteiger partial charge in [-0.15, -0.1) is 0 Å². The minimum Gasteiger partial charge on any atom is -0.355 e. The number of amides is 1. The molecule has 1 aromatic carbocycles. The third-order valence-electron chi connectivity index (χ3n) is 4.30. The van der Waals surface area contributed by atoms with Crippen LogP contribution in [0.1, 0.15) is 23.1 Å². The van der Waals surface area contributed by atoms with Gasteiger partial charge < -0.3 is 13.8 Å². The van der Waals surface area contributed by atoms with Crippen molar-refractivity contribution in [3.8, 4) is 11.3 Å². The number of carbonyl (C=O) groups is 1. The van der Waals surface area contributed by atoms with Gasteiger partial charge in [0, 0.05) is 24.4 Å². The van der Waals surface area contributed by atoms with Gasteiger partial charge in [0.1, 0.15) is 5.65 Å². The van der Waals surface area contributed by atoms with Crippen LogP contribution in [0.15, 0.2) is 71.5 Å². The molecule has 3 heterocycles. The van der Waals surface area contributed by atoms with E-state index >= 15 is 0 Å². The monoisotopic (exact) mass is 346 g/mol. The number of pyridine rings is 1. The van der Waals surface area contributed by atoms with Crippen LogP contribution in [0.5, 0.6) is 0 Å². The number of imidazole rings is 1. The standard InChI is InChI=1S/C20H18N4O2/c1-2-23(14-16-13-21-19-10-6-7-11-24(16)19)20(25)17-12-18(26-22-17)15-8-4-3-5-9-15/h3-13H,2,14H2,1H3. The van der Waals surface area contributed by atoms with E-state index in [-0.39, 0.29) is 5.91 Å². The Morgan fingerprint density at radius 1 is 1.15 bits per heavy atom. The normalized spacial score (nSPS) is 11.0. The number of aromatic nitrogens is 3. The minimum atomic E-state index is -0.163. The van der Waals surface area contributed by atoms with Crippen molar-refractivity contribution in [2.45, 2.75) is 13.5 Å². The molecule has 0 aliphatic heterocycles. The molecule has 1 amide bonds. The lowest BCUT2D eigenvalue weighted by molar-refractivity contribution is 0.0740. The molecule has 0 atom stereocenters. The topological polar surface area (TPSA) is 63.6 Å². The Morgan fingerprint density at radius 2 is 1.96 bits per heavy atom. The van der Waals surface area contributed by atoms with Gasteiger partial charge in [0.05, 0.1) is 18.4 Å². The summed E-state index contributed by atoms with van der Waals surface area (Å²) in [6.45, 7) is 2.96. The maximum Gasteiger partial charge on any atom is 0.276 e. The molecule has 0 aliphatic carbocycles. The van der Waals surface area contributed by atoms with E-state index in [1.54, 1.807) is 17.2 Å². The lowest BCUT2D eigenvalue weighted by Gasteiger charge is -2.19. The summed E-state index contributed by atoms with van der Waals surface area (Å²) in [6.07, 6.45) is 3.74. The quantitative estimate of drug-likeness (QED) is 0.553. The Hall–Kier alpha value is -3.41. The Bertz CT molecular complexity index is 1040. The van der Waals surface area contributed by atoms with E-state index < -0.39 is 0 Å². The van der Waals surface area contributed by atoms with E-state index in [0.29, 0.717) is 24.5 Å². The maximum atomic E-state index is 12.9. The second-order valence-electron chi connectivity index (χ2n) is 5.94. The maximum absolute atomic E-state index is 12.9. The fourth-order valence-electron chi connectivity index (χ4n) is 2.90. The average Bonchev–Trinajstić information content (AvgIpc) is 3.34. The molecular formula is C20H18N4O2. The molecule has 0 bridgehead atoms. The molecule has 0 fully saturated rings. The smallest absolute Gasteiger partial charge is 0.276 e. The van der Waals surface area contributed by atoms with Crippen LogP contribution in [0.2, 0.25) is 0 Å². The third-order valence-corrected chi connectivity index (χ3v) is 4.30. The van der Waals surface area contributed by atoms with Crippen molar-refractivity contribution in [3.05, 3.63) is 78.4 Å². The van der Waals surface area contributed by atoms with Gasteiger partial charge >= 0.3 is 0 Å². The first-order valence-electron chi connectivity index (χ1n) is 8.48. The number of carbonyl (C=O) groups excluding carboxylic acids is 1. The molecular weight excluding hydrogens is 328 g/mol. The molecule has 6 nitrogen and oxygen atoms in total. The summed E-state index contributed by atoms with van der Waals surface area (Å²) in [7, 11) is 0. The predicted molar refractivity (Wildman–Crippen MR) is 97.5 cm³/mol. The van der Waals surface area contributed by atoms with Crippen LogP contribution >= 0.6 is 0 Å². The molecule has 6 heteroatoms. The summed E-state index contributed by atoms with van der Waals surface area (Å²) in [5, 5.41) is 3.96. The lowest BCUT2D eigenvalue weighted by atomic mass is 10.1. The number of fused-ring (bicyclic) bond motifs is 1. The summed E-state index contributed by atoms with van der Waals surface area (Å²) in [5.41, 5.74) is 3.00. The molecule has 26 heavy (non-hydrogen) atoms. The zero-order valence-electron chi connectivity index (χ0n) is 14.4. The molecule has 0 spiro atoms. The molecule has 0 saturated heterocycles. The highest BCUT2D eigenvalue weighted by atomic mass is 16.5. The number of benzene rings is 1. The van der Waals surface area contributed by atoms with E-state index in [0.717, 1.165) is 16.9 Å². The van der Waals surface area contributed by atoms with Crippen LogP contribution in [0.25, 0.3) is 17.0 Å². The highest BCUT2D eigenvalue weighted by molar-refractivity contribution is 5.93. The number of nitrogens with zero attached hydrogens (tertiary/aromatic N) is 4. The second kappa shape index (κ2) is 6.84. The summed E-state index contributed by atoms with van der Waals surface area (Å²) < 4.78 is 7.34. The van der Waals surface area contributed by atoms with Crippen LogP contribution in [0.3, 0.4) is 0 Å². The number of hydrogen-bond acceptors (Lipinski definition) is 4. The zero-order chi connectivity index (χ0) is 17.9. The summed E-state index contributed by atoms with van der Waals surface area (Å²) in [6, 6.07) is 17.1. The number of rotatable bonds is 5. The van der Waals surface area contributed by atoms with Crippen molar-refractivity contribution in [3.63, 3.8) is 0 Å². The Morgan fingerprint density at radius 3 is 2.77 bits per heavy atom. The highest BCUT2D eigenvalue weighted by Gasteiger charge is 2.20. The fourth-order valence-corrected chi connectivity index (χ4v) is 2.90. The van der Waals surface area contributed by atoms with E-state index in [1.807, 2.05) is 66.1 Å². The van der Waals surface area contributed by atoms with Crippen molar-refractivity contribution in [2.24, 2.45) is 0 Å². The van der Waals surface area contributed by atoms with Gasteiger partial charge in [-0.2, -0.15) is 0 Å². The van der Waals surface area contributed by atoms with Crippen molar-refractivity contribution in [1.82, 2.24) is 19.4 Å². The second-order valence-corrected chi connectivity index (χ2v) is 5.94. The van der Waals surface area contributed by atoms with Crippen molar-refractivity contribution in [2.75, 3.05) is 6.54 Å². The predicted octanol–water partition coefficient (Wildman–Crippen LogP) is 3.65. The zero-order valence-corrected chi connectivity index (χ0v) is 14.4. The van der Waals surface area contributed by atoms with Gasteiger partial charge in [-0.3, -0.25) is 4.79 Å². The van der Waals surface area contributed by atoms with Crippen molar-refractivity contribution >= 4 is 11.6 Å². The summed E-state index contributed by atoms with van der Waals surface area (Å²) in [4.78, 5) is 19.0. The first-order valence-corrected chi connectivity index (χ1v) is 8.48. The highest BCUT2D eigenvalue weighted by Crippen LogP contribution is 2.21. The minimum absolute atomic E-state index is 0.163. The molecule has 4 rings (SSSR count). The number of hydrogen-bond donors (Lipinski definition) is 0. The van der Waals surface area contributed by atoms with Gasteiger partial charge in [0.15, 0.2) is 11.5 Å². The van der Waals surface area contributed by atoms with Gasteiger partial charge in [-0.05, 0) is 19.1 Å². The van der Waals surface area contributed by atoms with Crippen LogP contribution in [-0.2, 0) is 6.54 Å². The molecule has 0 aliphatic rings. The fraction of sp³-hybridized carbons (Fsp3) is 0.150. The van der Waals surface area contributed by atoms with Gasteiger partial charge in [0.25, 0.3) is 5.91 Å². The molecule has 4 aromatic rings. The van der Waals surface area contributed by atoms with Crippen LogP contribution in [0.4, 0.5) is 0 Å². The SMILES string of the molecule is CCN(Cc1cnc2ccccn12)C(=O)c1cc(-c2ccccc2)on1. The van der Waals surface area contributed by atoms with Crippen molar-refractivity contribution in [1.29, 1.82) is 0 Å². The van der Waals surface area contributed by atoms with Crippen LogP contribution in [0, 0.1) is 0 Å². The van der Waals surface area contributed by atoms with Crippen LogP contribution in [-0.4, -0.2) is 31.9 Å². The molecule has 130 valence electrons. The van der Waals surface area contributed by atoms with Gasteiger partial charge in [-0.25, -0.2) is 4.98 Å². The first kappa shape index (κ1) is 16.1. The van der Waals surface area contributed by atoms with E-state index in [4.69, 9.17) is 4.52 Å². The molecule has 0 radical (unpaired) electrons. The molecule has 0 unspecified atom stereocenters. The third kappa shape index (κ3) is 2.97. The summed E-state index contributed by atoms with van der Waals surface area (Å²) in [5.74, 6) is 0.420.